The van der Waals surface area contributed by atoms with E-state index in [0.29, 0.717) is 12.3 Å². The van der Waals surface area contributed by atoms with E-state index in [1.165, 1.54) is 6.20 Å². The summed E-state index contributed by atoms with van der Waals surface area (Å²) in [5.41, 5.74) is 3.49. The Kier molecular flexibility index (Phi) is 5.47. The minimum Gasteiger partial charge on any atom is -0.497 e. The van der Waals surface area contributed by atoms with Gasteiger partial charge in [-0.3, -0.25) is 4.68 Å². The molecule has 0 aliphatic heterocycles. The number of nitrogens with zero attached hydrogens (tertiary/aromatic N) is 3. The molecule has 1 aromatic heterocycles. The summed E-state index contributed by atoms with van der Waals surface area (Å²) in [4.78, 5) is 4.58. The molecule has 0 spiro atoms. The number of halogens is 1. The average Bonchev–Trinajstić information content (AvgIpc) is 3.12. The molecule has 0 unspecified atom stereocenters. The molecular formula is C24H20FN3O. The number of ether oxygens (including phenoxy) is 1. The van der Waals surface area contributed by atoms with Gasteiger partial charge in [-0.25, -0.2) is 9.38 Å². The van der Waals surface area contributed by atoms with Gasteiger partial charge < -0.3 is 4.74 Å². The number of aliphatic imine (C=N–C) groups is 1. The second-order valence-electron chi connectivity index (χ2n) is 6.54. The van der Waals surface area contributed by atoms with E-state index >= 15 is 0 Å². The summed E-state index contributed by atoms with van der Waals surface area (Å²) in [7, 11) is 1.62. The molecule has 3 aromatic carbocycles. The predicted molar refractivity (Wildman–Crippen MR) is 112 cm³/mol. The monoisotopic (exact) mass is 385 g/mol. The lowest BCUT2D eigenvalue weighted by molar-refractivity contribution is 0.414. The van der Waals surface area contributed by atoms with Crippen LogP contribution in [0.2, 0.25) is 0 Å². The molecule has 29 heavy (non-hydrogen) atoms. The first-order chi connectivity index (χ1) is 14.2. The van der Waals surface area contributed by atoms with Crippen LogP contribution in [0.3, 0.4) is 0 Å². The quantitative estimate of drug-likeness (QED) is 0.425. The Morgan fingerprint density at radius 3 is 2.03 bits per heavy atom. The summed E-state index contributed by atoms with van der Waals surface area (Å²) >= 11 is 0. The summed E-state index contributed by atoms with van der Waals surface area (Å²) in [5.74, 6) is 0.394. The third-order valence-electron chi connectivity index (χ3n) is 4.51. The fourth-order valence-electron chi connectivity index (χ4n) is 3.06. The smallest absolute Gasteiger partial charge is 0.210 e. The molecule has 0 aliphatic carbocycles. The summed E-state index contributed by atoms with van der Waals surface area (Å²) in [5, 5.41) is 4.36. The third kappa shape index (κ3) is 4.41. The Hall–Kier alpha value is -3.73. The first-order valence-corrected chi connectivity index (χ1v) is 9.28. The average molecular weight is 385 g/mol. The first kappa shape index (κ1) is 18.6. The highest BCUT2D eigenvalue weighted by atomic mass is 19.1. The summed E-state index contributed by atoms with van der Waals surface area (Å²) in [6, 6.07) is 27.1. The minimum atomic E-state index is -0.456. The topological polar surface area (TPSA) is 39.4 Å². The summed E-state index contributed by atoms with van der Waals surface area (Å²) < 4.78 is 21.3. The molecule has 1 heterocycles. The van der Waals surface area contributed by atoms with Crippen LogP contribution in [0.15, 0.2) is 96.1 Å². The van der Waals surface area contributed by atoms with E-state index in [2.05, 4.69) is 10.1 Å². The molecule has 0 aliphatic rings. The maximum atomic E-state index is 14.6. The van der Waals surface area contributed by atoms with Crippen molar-refractivity contribution in [3.63, 3.8) is 0 Å². The molecule has 0 radical (unpaired) electrons. The van der Waals surface area contributed by atoms with Crippen molar-refractivity contribution in [2.45, 2.75) is 6.54 Å². The van der Waals surface area contributed by atoms with Gasteiger partial charge in [-0.05, 0) is 17.7 Å². The number of benzene rings is 3. The van der Waals surface area contributed by atoms with Crippen LogP contribution in [-0.2, 0) is 6.54 Å². The van der Waals surface area contributed by atoms with Crippen molar-refractivity contribution >= 4 is 11.5 Å². The maximum Gasteiger partial charge on any atom is 0.210 e. The van der Waals surface area contributed by atoms with Crippen LogP contribution in [0.4, 0.5) is 10.2 Å². The van der Waals surface area contributed by atoms with E-state index in [1.54, 1.807) is 11.8 Å². The molecule has 0 N–H and O–H groups in total. The molecule has 0 saturated heterocycles. The van der Waals surface area contributed by atoms with E-state index < -0.39 is 5.82 Å². The zero-order valence-electron chi connectivity index (χ0n) is 16.0. The number of methoxy groups -OCH3 is 1. The van der Waals surface area contributed by atoms with Gasteiger partial charge in [0, 0.05) is 11.1 Å². The Morgan fingerprint density at radius 1 is 0.897 bits per heavy atom. The SMILES string of the molecule is COc1ccc(Cn2cc(F)c(N=C(c3ccccc3)c3ccccc3)n2)cc1. The van der Waals surface area contributed by atoms with Crippen LogP contribution in [0.25, 0.3) is 0 Å². The predicted octanol–water partition coefficient (Wildman–Crippen LogP) is 5.25. The van der Waals surface area contributed by atoms with Crippen molar-refractivity contribution in [1.29, 1.82) is 0 Å². The van der Waals surface area contributed by atoms with Crippen LogP contribution < -0.4 is 4.74 Å². The lowest BCUT2D eigenvalue weighted by Crippen LogP contribution is -2.03. The summed E-state index contributed by atoms with van der Waals surface area (Å²) in [6.07, 6.45) is 1.37. The molecule has 0 bridgehead atoms. The normalized spacial score (nSPS) is 10.6. The third-order valence-corrected chi connectivity index (χ3v) is 4.51. The molecule has 0 saturated carbocycles. The molecule has 0 atom stereocenters. The minimum absolute atomic E-state index is 0.0706. The van der Waals surface area contributed by atoms with Crippen LogP contribution in [0, 0.1) is 5.82 Å². The molecule has 5 heteroatoms. The van der Waals surface area contributed by atoms with Crippen LogP contribution in [-0.4, -0.2) is 22.6 Å². The van der Waals surface area contributed by atoms with Gasteiger partial charge in [0.15, 0.2) is 5.82 Å². The van der Waals surface area contributed by atoms with Crippen LogP contribution in [0.1, 0.15) is 16.7 Å². The number of aromatic nitrogens is 2. The van der Waals surface area contributed by atoms with Gasteiger partial charge in [0.05, 0.1) is 25.6 Å². The van der Waals surface area contributed by atoms with E-state index in [0.717, 1.165) is 22.4 Å². The largest absolute Gasteiger partial charge is 0.497 e. The van der Waals surface area contributed by atoms with E-state index in [-0.39, 0.29) is 5.82 Å². The van der Waals surface area contributed by atoms with Gasteiger partial charge in [-0.15, -0.1) is 5.10 Å². The molecule has 0 fully saturated rings. The van der Waals surface area contributed by atoms with Gasteiger partial charge in [0.2, 0.25) is 5.82 Å². The summed E-state index contributed by atoms with van der Waals surface area (Å²) in [6.45, 7) is 0.447. The highest BCUT2D eigenvalue weighted by Crippen LogP contribution is 2.21. The number of hydrogen-bond acceptors (Lipinski definition) is 3. The first-order valence-electron chi connectivity index (χ1n) is 9.28. The Labute approximate surface area is 168 Å². The van der Waals surface area contributed by atoms with Gasteiger partial charge >= 0.3 is 0 Å². The van der Waals surface area contributed by atoms with Crippen molar-refractivity contribution < 1.29 is 9.13 Å². The van der Waals surface area contributed by atoms with Gasteiger partial charge in [-0.2, -0.15) is 0 Å². The molecular weight excluding hydrogens is 365 g/mol. The fourth-order valence-corrected chi connectivity index (χ4v) is 3.06. The molecule has 4 aromatic rings. The highest BCUT2D eigenvalue weighted by Gasteiger charge is 2.12. The van der Waals surface area contributed by atoms with Crippen molar-refractivity contribution in [3.05, 3.63) is 114 Å². The molecule has 4 nitrogen and oxygen atoms in total. The maximum absolute atomic E-state index is 14.6. The fraction of sp³-hybridized carbons (Fsp3) is 0.0833. The zero-order valence-corrected chi connectivity index (χ0v) is 16.0. The highest BCUT2D eigenvalue weighted by molar-refractivity contribution is 6.13. The van der Waals surface area contributed by atoms with Gasteiger partial charge in [-0.1, -0.05) is 72.8 Å². The van der Waals surface area contributed by atoms with Crippen molar-refractivity contribution in [3.8, 4) is 5.75 Å². The lowest BCUT2D eigenvalue weighted by atomic mass is 10.0. The van der Waals surface area contributed by atoms with Gasteiger partial charge in [0.1, 0.15) is 5.75 Å². The second kappa shape index (κ2) is 8.52. The number of rotatable bonds is 6. The Morgan fingerprint density at radius 2 is 1.48 bits per heavy atom. The Bertz CT molecular complexity index is 1060. The lowest BCUT2D eigenvalue weighted by Gasteiger charge is -2.06. The van der Waals surface area contributed by atoms with Crippen LogP contribution >= 0.6 is 0 Å². The molecule has 144 valence electrons. The standard InChI is InChI=1S/C24H20FN3O/c1-29-21-14-12-18(13-15-21)16-28-17-22(25)24(27-28)26-23(19-8-4-2-5-9-19)20-10-6-3-7-11-20/h2-15,17H,16H2,1H3. The van der Waals surface area contributed by atoms with Gasteiger partial charge in [0.25, 0.3) is 0 Å². The van der Waals surface area contributed by atoms with Crippen LogP contribution in [0.5, 0.6) is 5.75 Å². The Balaban J connectivity index is 1.68. The van der Waals surface area contributed by atoms with Crippen molar-refractivity contribution in [1.82, 2.24) is 9.78 Å². The molecule has 4 rings (SSSR count). The van der Waals surface area contributed by atoms with E-state index in [1.807, 2.05) is 84.9 Å². The van der Waals surface area contributed by atoms with E-state index in [9.17, 15) is 4.39 Å². The van der Waals surface area contributed by atoms with Crippen molar-refractivity contribution in [2.75, 3.05) is 7.11 Å². The second-order valence-corrected chi connectivity index (χ2v) is 6.54. The zero-order chi connectivity index (χ0) is 20.1. The number of hydrogen-bond donors (Lipinski definition) is 0. The molecule has 0 amide bonds. The van der Waals surface area contributed by atoms with E-state index in [4.69, 9.17) is 4.74 Å². The van der Waals surface area contributed by atoms with Crippen molar-refractivity contribution in [2.24, 2.45) is 4.99 Å².